The van der Waals surface area contributed by atoms with E-state index in [1.165, 1.54) is 21.3 Å². The highest BCUT2D eigenvalue weighted by atomic mass is 32.2. The van der Waals surface area contributed by atoms with Crippen LogP contribution in [-0.4, -0.2) is 69.0 Å². The van der Waals surface area contributed by atoms with Gasteiger partial charge in [-0.3, -0.25) is 4.79 Å². The number of piperazine rings is 1. The zero-order valence-electron chi connectivity index (χ0n) is 16.9. The molecular weight excluding hydrogens is 382 g/mol. The molecule has 0 unspecified atom stereocenters. The summed E-state index contributed by atoms with van der Waals surface area (Å²) < 4.78 is 32.3. The molecule has 8 nitrogen and oxygen atoms in total. The number of aryl methyl sites for hydroxylation is 1. The van der Waals surface area contributed by atoms with Gasteiger partial charge in [0, 0.05) is 38.3 Å². The second kappa shape index (κ2) is 9.38. The Morgan fingerprint density at radius 1 is 1.18 bits per heavy atom. The minimum atomic E-state index is -3.75. The number of carbonyl (C=O) groups is 2. The third kappa shape index (κ3) is 5.23. The fraction of sp³-hybridized carbons (Fsp3) is 0.579. The SMILES string of the molecule is CCOC(=O)N1CCN(S(=O)(=O)c2ccc(C)c(C(=O)NCC(C)C)c2)CC1. The Morgan fingerprint density at radius 2 is 1.82 bits per heavy atom. The van der Waals surface area contributed by atoms with Gasteiger partial charge in [-0.15, -0.1) is 0 Å². The van der Waals surface area contributed by atoms with E-state index in [0.29, 0.717) is 23.6 Å². The van der Waals surface area contributed by atoms with Gasteiger partial charge >= 0.3 is 6.09 Å². The molecule has 28 heavy (non-hydrogen) atoms. The van der Waals surface area contributed by atoms with Gasteiger partial charge in [0.2, 0.25) is 10.0 Å². The molecule has 2 amide bonds. The van der Waals surface area contributed by atoms with E-state index >= 15 is 0 Å². The van der Waals surface area contributed by atoms with Crippen LogP contribution in [0.4, 0.5) is 4.79 Å². The average molecular weight is 412 g/mol. The van der Waals surface area contributed by atoms with Gasteiger partial charge in [0.1, 0.15) is 0 Å². The average Bonchev–Trinajstić information content (AvgIpc) is 2.66. The molecule has 2 rings (SSSR count). The van der Waals surface area contributed by atoms with Crippen molar-refractivity contribution in [2.24, 2.45) is 5.92 Å². The van der Waals surface area contributed by atoms with Crippen LogP contribution in [0.2, 0.25) is 0 Å². The highest BCUT2D eigenvalue weighted by Gasteiger charge is 2.31. The van der Waals surface area contributed by atoms with Crippen molar-refractivity contribution < 1.29 is 22.7 Å². The summed E-state index contributed by atoms with van der Waals surface area (Å²) >= 11 is 0. The standard InChI is InChI=1S/C19H29N3O5S/c1-5-27-19(24)21-8-10-22(11-9-21)28(25,26)16-7-6-15(4)17(12-16)18(23)20-13-14(2)3/h6-7,12,14H,5,8-11,13H2,1-4H3,(H,20,23). The molecule has 1 aliphatic heterocycles. The van der Waals surface area contributed by atoms with E-state index in [2.05, 4.69) is 5.32 Å². The molecular formula is C19H29N3O5S. The van der Waals surface area contributed by atoms with Crippen molar-refractivity contribution in [3.05, 3.63) is 29.3 Å². The Hall–Kier alpha value is -2.13. The maximum atomic E-state index is 13.0. The summed E-state index contributed by atoms with van der Waals surface area (Å²) in [5, 5.41) is 2.82. The first kappa shape index (κ1) is 22.2. The Labute approximate surface area is 166 Å². The molecule has 1 aromatic carbocycles. The van der Waals surface area contributed by atoms with Crippen LogP contribution in [0.3, 0.4) is 0 Å². The van der Waals surface area contributed by atoms with Crippen LogP contribution in [0, 0.1) is 12.8 Å². The first-order valence-corrected chi connectivity index (χ1v) is 10.9. The van der Waals surface area contributed by atoms with Crippen molar-refractivity contribution in [1.82, 2.24) is 14.5 Å². The monoisotopic (exact) mass is 411 g/mol. The number of hydrogen-bond donors (Lipinski definition) is 1. The highest BCUT2D eigenvalue weighted by molar-refractivity contribution is 7.89. The van der Waals surface area contributed by atoms with Crippen molar-refractivity contribution in [2.45, 2.75) is 32.6 Å². The van der Waals surface area contributed by atoms with Crippen LogP contribution in [0.25, 0.3) is 0 Å². The van der Waals surface area contributed by atoms with Crippen LogP contribution in [0.15, 0.2) is 23.1 Å². The molecule has 1 aromatic rings. The minimum absolute atomic E-state index is 0.0809. The van der Waals surface area contributed by atoms with Gasteiger partial charge in [-0.2, -0.15) is 4.31 Å². The smallest absolute Gasteiger partial charge is 0.409 e. The number of nitrogens with zero attached hydrogens (tertiary/aromatic N) is 2. The number of sulfonamides is 1. The van der Waals surface area contributed by atoms with E-state index in [9.17, 15) is 18.0 Å². The quantitative estimate of drug-likeness (QED) is 0.771. The second-order valence-corrected chi connectivity index (χ2v) is 9.11. The molecule has 156 valence electrons. The molecule has 1 saturated heterocycles. The summed E-state index contributed by atoms with van der Waals surface area (Å²) in [6, 6.07) is 4.59. The number of benzene rings is 1. The van der Waals surface area contributed by atoms with Crippen molar-refractivity contribution in [1.29, 1.82) is 0 Å². The molecule has 0 aliphatic carbocycles. The summed E-state index contributed by atoms with van der Waals surface area (Å²) in [5.74, 6) is 0.0160. The predicted molar refractivity (Wildman–Crippen MR) is 106 cm³/mol. The van der Waals surface area contributed by atoms with E-state index in [-0.39, 0.29) is 43.6 Å². The zero-order chi connectivity index (χ0) is 20.9. The molecule has 1 heterocycles. The Balaban J connectivity index is 2.15. The van der Waals surface area contributed by atoms with Crippen molar-refractivity contribution >= 4 is 22.0 Å². The molecule has 1 fully saturated rings. The molecule has 0 spiro atoms. The lowest BCUT2D eigenvalue weighted by Crippen LogP contribution is -2.50. The Kier molecular flexibility index (Phi) is 7.42. The third-order valence-electron chi connectivity index (χ3n) is 4.53. The van der Waals surface area contributed by atoms with Gasteiger partial charge in [0.15, 0.2) is 0 Å². The van der Waals surface area contributed by atoms with Gasteiger partial charge in [0.25, 0.3) is 5.91 Å². The first-order chi connectivity index (χ1) is 13.2. The summed E-state index contributed by atoms with van der Waals surface area (Å²) in [5.41, 5.74) is 1.07. The molecule has 1 N–H and O–H groups in total. The molecule has 0 atom stereocenters. The fourth-order valence-electron chi connectivity index (χ4n) is 2.87. The zero-order valence-corrected chi connectivity index (χ0v) is 17.7. The van der Waals surface area contributed by atoms with Crippen LogP contribution < -0.4 is 5.32 Å². The molecule has 1 aliphatic rings. The lowest BCUT2D eigenvalue weighted by atomic mass is 10.1. The third-order valence-corrected chi connectivity index (χ3v) is 6.42. The number of amides is 2. The van der Waals surface area contributed by atoms with Crippen LogP contribution in [-0.2, 0) is 14.8 Å². The molecule has 9 heteroatoms. The summed E-state index contributed by atoms with van der Waals surface area (Å²) in [6.07, 6.45) is -0.431. The van der Waals surface area contributed by atoms with Crippen LogP contribution in [0.1, 0.15) is 36.7 Å². The maximum absolute atomic E-state index is 13.0. The van der Waals surface area contributed by atoms with Crippen molar-refractivity contribution in [3.8, 4) is 0 Å². The summed E-state index contributed by atoms with van der Waals surface area (Å²) in [6.45, 7) is 9.19. The first-order valence-electron chi connectivity index (χ1n) is 9.47. The Morgan fingerprint density at radius 3 is 2.39 bits per heavy atom. The molecule has 0 aromatic heterocycles. The van der Waals surface area contributed by atoms with Crippen molar-refractivity contribution in [3.63, 3.8) is 0 Å². The van der Waals surface area contributed by atoms with E-state index in [1.54, 1.807) is 19.9 Å². The lowest BCUT2D eigenvalue weighted by Gasteiger charge is -2.33. The van der Waals surface area contributed by atoms with E-state index in [0.717, 1.165) is 0 Å². The molecule has 0 saturated carbocycles. The number of rotatable bonds is 6. The molecule has 0 bridgehead atoms. The topological polar surface area (TPSA) is 96.0 Å². The van der Waals surface area contributed by atoms with Crippen LogP contribution >= 0.6 is 0 Å². The summed E-state index contributed by atoms with van der Waals surface area (Å²) in [7, 11) is -3.75. The fourth-order valence-corrected chi connectivity index (χ4v) is 4.32. The van der Waals surface area contributed by atoms with Gasteiger partial charge in [0.05, 0.1) is 11.5 Å². The van der Waals surface area contributed by atoms with E-state index < -0.39 is 16.1 Å². The summed E-state index contributed by atoms with van der Waals surface area (Å²) in [4.78, 5) is 25.8. The normalized spacial score (nSPS) is 15.5. The van der Waals surface area contributed by atoms with E-state index in [1.807, 2.05) is 13.8 Å². The maximum Gasteiger partial charge on any atom is 0.409 e. The Bertz CT molecular complexity index is 815. The van der Waals surface area contributed by atoms with Crippen molar-refractivity contribution in [2.75, 3.05) is 39.3 Å². The highest BCUT2D eigenvalue weighted by Crippen LogP contribution is 2.21. The van der Waals surface area contributed by atoms with Gasteiger partial charge in [-0.1, -0.05) is 19.9 Å². The molecule has 0 radical (unpaired) electrons. The number of carbonyl (C=O) groups excluding carboxylic acids is 2. The van der Waals surface area contributed by atoms with Gasteiger partial charge in [-0.25, -0.2) is 13.2 Å². The second-order valence-electron chi connectivity index (χ2n) is 7.17. The number of hydrogen-bond acceptors (Lipinski definition) is 5. The van der Waals surface area contributed by atoms with Gasteiger partial charge in [-0.05, 0) is 37.5 Å². The number of nitrogens with one attached hydrogen (secondary N) is 1. The predicted octanol–water partition coefficient (Wildman–Crippen LogP) is 1.84. The minimum Gasteiger partial charge on any atom is -0.450 e. The van der Waals surface area contributed by atoms with Gasteiger partial charge < -0.3 is 15.0 Å². The largest absolute Gasteiger partial charge is 0.450 e. The number of ether oxygens (including phenoxy) is 1. The van der Waals surface area contributed by atoms with Crippen LogP contribution in [0.5, 0.6) is 0 Å². The lowest BCUT2D eigenvalue weighted by molar-refractivity contribution is 0.0930. The van der Waals surface area contributed by atoms with E-state index in [4.69, 9.17) is 4.74 Å².